The summed E-state index contributed by atoms with van der Waals surface area (Å²) in [6.07, 6.45) is 1.07. The van der Waals surface area contributed by atoms with E-state index in [1.165, 1.54) is 6.07 Å². The fraction of sp³-hybridized carbons (Fsp3) is 0.400. The summed E-state index contributed by atoms with van der Waals surface area (Å²) in [5.41, 5.74) is 6.18. The van der Waals surface area contributed by atoms with Crippen LogP contribution in [0.4, 0.5) is 11.4 Å². The van der Waals surface area contributed by atoms with Gasteiger partial charge in [0.25, 0.3) is 0 Å². The highest BCUT2D eigenvalue weighted by Gasteiger charge is 2.15. The van der Waals surface area contributed by atoms with E-state index in [0.717, 1.165) is 6.26 Å². The molecular weight excluding hydrogens is 244 g/mol. The van der Waals surface area contributed by atoms with E-state index in [-0.39, 0.29) is 23.8 Å². The van der Waals surface area contributed by atoms with Gasteiger partial charge in [0, 0.05) is 6.26 Å². The molecule has 6 nitrogen and oxygen atoms in total. The van der Waals surface area contributed by atoms with Crippen LogP contribution in [0.1, 0.15) is 0 Å². The second-order valence-electron chi connectivity index (χ2n) is 3.70. The lowest BCUT2D eigenvalue weighted by Crippen LogP contribution is -2.28. The minimum atomic E-state index is -3.40. The van der Waals surface area contributed by atoms with Crippen LogP contribution in [0.25, 0.3) is 0 Å². The average Bonchev–Trinajstić information content (AvgIpc) is 2.26. The van der Waals surface area contributed by atoms with Crippen molar-refractivity contribution in [3.63, 3.8) is 0 Å². The summed E-state index contributed by atoms with van der Waals surface area (Å²) < 4.78 is 22.8. The zero-order valence-electron chi connectivity index (χ0n) is 9.42. The summed E-state index contributed by atoms with van der Waals surface area (Å²) in [5, 5.41) is 20.6. The van der Waals surface area contributed by atoms with Crippen LogP contribution in [0.15, 0.2) is 23.1 Å². The van der Waals surface area contributed by atoms with Crippen LogP contribution in [0.2, 0.25) is 0 Å². The van der Waals surface area contributed by atoms with Crippen LogP contribution in [-0.4, -0.2) is 44.1 Å². The summed E-state index contributed by atoms with van der Waals surface area (Å²) >= 11 is 0. The minimum Gasteiger partial charge on any atom is -0.396 e. The molecule has 0 saturated carbocycles. The maximum atomic E-state index is 11.4. The number of nitrogens with two attached hydrogens (primary N) is 1. The highest BCUT2D eigenvalue weighted by atomic mass is 32.2. The Labute approximate surface area is 100.0 Å². The lowest BCUT2D eigenvalue weighted by atomic mass is 10.2. The maximum Gasteiger partial charge on any atom is 0.177 e. The number of nitrogen functional groups attached to an aromatic ring is 1. The molecule has 0 unspecified atom stereocenters. The monoisotopic (exact) mass is 260 g/mol. The number of hydrogen-bond donors (Lipinski definition) is 4. The molecule has 0 fully saturated rings. The fourth-order valence-electron chi connectivity index (χ4n) is 1.36. The summed E-state index contributed by atoms with van der Waals surface area (Å²) in [4.78, 5) is 0.0251. The number of aliphatic hydroxyl groups is 2. The Morgan fingerprint density at radius 2 is 1.94 bits per heavy atom. The lowest BCUT2D eigenvalue weighted by molar-refractivity contribution is 0.204. The van der Waals surface area contributed by atoms with E-state index in [4.69, 9.17) is 15.9 Å². The van der Waals surface area contributed by atoms with Crippen LogP contribution in [-0.2, 0) is 9.84 Å². The van der Waals surface area contributed by atoms with Crippen molar-refractivity contribution < 1.29 is 18.6 Å². The maximum absolute atomic E-state index is 11.4. The first-order valence-corrected chi connectivity index (χ1v) is 6.86. The van der Waals surface area contributed by atoms with Crippen LogP contribution in [0, 0.1) is 0 Å². The molecule has 0 amide bonds. The fourth-order valence-corrected chi connectivity index (χ4v) is 2.20. The number of sulfone groups is 1. The van der Waals surface area contributed by atoms with Crippen molar-refractivity contribution in [2.45, 2.75) is 10.9 Å². The van der Waals surface area contributed by atoms with E-state index in [1.807, 2.05) is 0 Å². The molecule has 1 aromatic carbocycles. The molecule has 0 aliphatic heterocycles. The topological polar surface area (TPSA) is 113 Å². The van der Waals surface area contributed by atoms with Gasteiger partial charge < -0.3 is 21.3 Å². The number of benzene rings is 1. The van der Waals surface area contributed by atoms with Gasteiger partial charge in [0.05, 0.1) is 35.5 Å². The lowest BCUT2D eigenvalue weighted by Gasteiger charge is -2.17. The van der Waals surface area contributed by atoms with Gasteiger partial charge in [0.2, 0.25) is 0 Å². The number of para-hydroxylation sites is 1. The number of aliphatic hydroxyl groups excluding tert-OH is 2. The van der Waals surface area contributed by atoms with Gasteiger partial charge in [-0.3, -0.25) is 0 Å². The van der Waals surface area contributed by atoms with Gasteiger partial charge in [-0.05, 0) is 12.1 Å². The highest BCUT2D eigenvalue weighted by Crippen LogP contribution is 2.26. The summed E-state index contributed by atoms with van der Waals surface area (Å²) in [6.45, 7) is -0.557. The third-order valence-electron chi connectivity index (χ3n) is 2.27. The Morgan fingerprint density at radius 3 is 2.41 bits per heavy atom. The second-order valence-corrected chi connectivity index (χ2v) is 5.68. The Balaban J connectivity index is 3.11. The molecule has 0 bridgehead atoms. The predicted molar refractivity (Wildman–Crippen MR) is 65.5 cm³/mol. The zero-order chi connectivity index (χ0) is 13.1. The van der Waals surface area contributed by atoms with Gasteiger partial charge >= 0.3 is 0 Å². The van der Waals surface area contributed by atoms with Gasteiger partial charge in [-0.2, -0.15) is 0 Å². The van der Waals surface area contributed by atoms with E-state index >= 15 is 0 Å². The quantitative estimate of drug-likeness (QED) is 0.528. The van der Waals surface area contributed by atoms with Gasteiger partial charge in [0.1, 0.15) is 0 Å². The first-order chi connectivity index (χ1) is 7.90. The molecule has 0 spiro atoms. The van der Waals surface area contributed by atoms with E-state index in [2.05, 4.69) is 5.32 Å². The minimum absolute atomic E-state index is 0.0251. The summed E-state index contributed by atoms with van der Waals surface area (Å²) in [5.74, 6) is 0. The van der Waals surface area contributed by atoms with Crippen molar-refractivity contribution in [2.75, 3.05) is 30.5 Å². The van der Waals surface area contributed by atoms with Crippen molar-refractivity contribution in [2.24, 2.45) is 0 Å². The zero-order valence-corrected chi connectivity index (χ0v) is 10.2. The third kappa shape index (κ3) is 3.32. The number of hydrogen-bond acceptors (Lipinski definition) is 6. The number of anilines is 2. The normalized spacial score (nSPS) is 11.8. The average molecular weight is 260 g/mol. The molecule has 0 aromatic heterocycles. The molecule has 1 rings (SSSR count). The van der Waals surface area contributed by atoms with Crippen LogP contribution in [0.3, 0.4) is 0 Å². The molecule has 0 aliphatic rings. The van der Waals surface area contributed by atoms with Gasteiger partial charge in [-0.15, -0.1) is 0 Å². The molecule has 96 valence electrons. The Kier molecular flexibility index (Phi) is 4.33. The second kappa shape index (κ2) is 5.35. The molecule has 0 aliphatic carbocycles. The van der Waals surface area contributed by atoms with Crippen molar-refractivity contribution >= 4 is 21.2 Å². The Hall–Kier alpha value is -1.31. The molecular formula is C10H16N2O4S. The molecule has 0 atom stereocenters. The van der Waals surface area contributed by atoms with Gasteiger partial charge in [0.15, 0.2) is 9.84 Å². The van der Waals surface area contributed by atoms with Crippen molar-refractivity contribution in [1.29, 1.82) is 0 Å². The van der Waals surface area contributed by atoms with E-state index in [9.17, 15) is 8.42 Å². The molecule has 0 radical (unpaired) electrons. The standard InChI is InChI=1S/C10H16N2O4S/c1-17(15,16)9-4-2-3-8(10(9)11)12-7(5-13)6-14/h2-4,7,12-14H,5-6,11H2,1H3. The van der Waals surface area contributed by atoms with Gasteiger partial charge in [-0.25, -0.2) is 8.42 Å². The molecule has 1 aromatic rings. The Bertz CT molecular complexity index is 483. The summed E-state index contributed by atoms with van der Waals surface area (Å²) in [6, 6.07) is 3.96. The SMILES string of the molecule is CS(=O)(=O)c1cccc(NC(CO)CO)c1N. The number of rotatable bonds is 5. The van der Waals surface area contributed by atoms with Crippen molar-refractivity contribution in [3.05, 3.63) is 18.2 Å². The number of nitrogens with one attached hydrogen (secondary N) is 1. The summed E-state index contributed by atoms with van der Waals surface area (Å²) in [7, 11) is -3.40. The van der Waals surface area contributed by atoms with Crippen LogP contribution in [0.5, 0.6) is 0 Å². The largest absolute Gasteiger partial charge is 0.396 e. The van der Waals surface area contributed by atoms with Crippen LogP contribution >= 0.6 is 0 Å². The first kappa shape index (κ1) is 13.8. The van der Waals surface area contributed by atoms with E-state index < -0.39 is 15.9 Å². The van der Waals surface area contributed by atoms with Crippen molar-refractivity contribution in [1.82, 2.24) is 0 Å². The smallest absolute Gasteiger partial charge is 0.177 e. The van der Waals surface area contributed by atoms with Gasteiger partial charge in [-0.1, -0.05) is 6.07 Å². The highest BCUT2D eigenvalue weighted by molar-refractivity contribution is 7.90. The third-order valence-corrected chi connectivity index (χ3v) is 3.42. The predicted octanol–water partition coefficient (Wildman–Crippen LogP) is -0.563. The Morgan fingerprint density at radius 1 is 1.35 bits per heavy atom. The molecule has 0 heterocycles. The van der Waals surface area contributed by atoms with Crippen molar-refractivity contribution in [3.8, 4) is 0 Å². The molecule has 17 heavy (non-hydrogen) atoms. The first-order valence-electron chi connectivity index (χ1n) is 4.97. The van der Waals surface area contributed by atoms with Crippen LogP contribution < -0.4 is 11.1 Å². The molecule has 0 saturated heterocycles. The molecule has 7 heteroatoms. The molecule has 5 N–H and O–H groups in total. The van der Waals surface area contributed by atoms with E-state index in [0.29, 0.717) is 5.69 Å². The van der Waals surface area contributed by atoms with E-state index in [1.54, 1.807) is 12.1 Å².